The van der Waals surface area contributed by atoms with Crippen LogP contribution in [0.4, 0.5) is 4.79 Å². The van der Waals surface area contributed by atoms with Gasteiger partial charge in [0.05, 0.1) is 0 Å². The summed E-state index contributed by atoms with van der Waals surface area (Å²) in [5.74, 6) is 0. The van der Waals surface area contributed by atoms with Crippen molar-refractivity contribution in [2.75, 3.05) is 13.1 Å². The molecule has 1 aliphatic rings. The molecule has 0 atom stereocenters. The number of ether oxygens (including phenoxy) is 1. The SMILES string of the molecule is CCCNCc1ccc2c(c1)CCN(C(=O)OC(C)(C)C)C2.O=C=O. The predicted octanol–water partition coefficient (Wildman–Crippen LogP) is 2.90. The highest BCUT2D eigenvalue weighted by Gasteiger charge is 2.25. The second-order valence-corrected chi connectivity index (χ2v) is 7.02. The molecule has 0 saturated heterocycles. The van der Waals surface area contributed by atoms with E-state index in [0.717, 1.165) is 32.5 Å². The number of fused-ring (bicyclic) bond motifs is 1. The Morgan fingerprint density at radius 1 is 1.28 bits per heavy atom. The van der Waals surface area contributed by atoms with E-state index in [9.17, 15) is 4.79 Å². The molecular formula is C19H28N2O4. The fourth-order valence-corrected chi connectivity index (χ4v) is 2.61. The first-order chi connectivity index (χ1) is 11.8. The quantitative estimate of drug-likeness (QED) is 0.847. The number of hydrogen-bond acceptors (Lipinski definition) is 5. The molecule has 0 fully saturated rings. The monoisotopic (exact) mass is 348 g/mol. The van der Waals surface area contributed by atoms with E-state index in [4.69, 9.17) is 14.3 Å². The van der Waals surface area contributed by atoms with Gasteiger partial charge in [-0.3, -0.25) is 0 Å². The molecule has 1 aliphatic heterocycles. The summed E-state index contributed by atoms with van der Waals surface area (Å²) in [5.41, 5.74) is 3.47. The topological polar surface area (TPSA) is 75.7 Å². The van der Waals surface area contributed by atoms with Crippen LogP contribution in [0.1, 0.15) is 50.8 Å². The van der Waals surface area contributed by atoms with Crippen LogP contribution in [0.25, 0.3) is 0 Å². The first-order valence-corrected chi connectivity index (χ1v) is 8.59. The van der Waals surface area contributed by atoms with Crippen LogP contribution in [0.3, 0.4) is 0 Å². The number of benzene rings is 1. The Bertz CT molecular complexity index is 602. The Hall–Kier alpha value is -2.17. The van der Waals surface area contributed by atoms with Gasteiger partial charge in [0.25, 0.3) is 0 Å². The van der Waals surface area contributed by atoms with Crippen molar-refractivity contribution in [3.05, 3.63) is 34.9 Å². The van der Waals surface area contributed by atoms with Gasteiger partial charge in [-0.25, -0.2) is 4.79 Å². The third-order valence-electron chi connectivity index (χ3n) is 3.69. The van der Waals surface area contributed by atoms with Crippen molar-refractivity contribution in [1.82, 2.24) is 10.2 Å². The van der Waals surface area contributed by atoms with Gasteiger partial charge in [0.2, 0.25) is 0 Å². The molecule has 25 heavy (non-hydrogen) atoms. The Morgan fingerprint density at radius 2 is 1.96 bits per heavy atom. The van der Waals surface area contributed by atoms with Crippen LogP contribution in [-0.4, -0.2) is 35.8 Å². The van der Waals surface area contributed by atoms with Crippen molar-refractivity contribution >= 4 is 12.2 Å². The molecular weight excluding hydrogens is 320 g/mol. The number of nitrogens with zero attached hydrogens (tertiary/aromatic N) is 1. The molecule has 1 aromatic rings. The summed E-state index contributed by atoms with van der Waals surface area (Å²) in [6.07, 6.45) is 2.08. The molecule has 0 spiro atoms. The average Bonchev–Trinajstić information content (AvgIpc) is 2.53. The number of nitrogens with one attached hydrogen (secondary N) is 1. The smallest absolute Gasteiger partial charge is 0.410 e. The lowest BCUT2D eigenvalue weighted by Crippen LogP contribution is -2.39. The van der Waals surface area contributed by atoms with Gasteiger partial charge in [-0.2, -0.15) is 9.59 Å². The van der Waals surface area contributed by atoms with E-state index in [2.05, 4.69) is 30.4 Å². The van der Waals surface area contributed by atoms with Crippen LogP contribution in [0.5, 0.6) is 0 Å². The Morgan fingerprint density at radius 3 is 2.56 bits per heavy atom. The molecule has 0 unspecified atom stereocenters. The summed E-state index contributed by atoms with van der Waals surface area (Å²) in [6, 6.07) is 6.57. The minimum absolute atomic E-state index is 0.216. The van der Waals surface area contributed by atoms with Gasteiger partial charge in [-0.15, -0.1) is 0 Å². The Kier molecular flexibility index (Phi) is 8.32. The van der Waals surface area contributed by atoms with Crippen LogP contribution in [-0.2, 0) is 33.8 Å². The average molecular weight is 348 g/mol. The second-order valence-electron chi connectivity index (χ2n) is 7.02. The minimum atomic E-state index is -0.438. The molecule has 1 amide bonds. The number of carbonyl (C=O) groups excluding carboxylic acids is 3. The van der Waals surface area contributed by atoms with Crippen molar-refractivity contribution < 1.29 is 19.1 Å². The molecule has 1 heterocycles. The standard InChI is InChI=1S/C18H28N2O2.CO2/c1-5-9-19-12-14-6-7-16-13-20(10-8-15(16)11-14)17(21)22-18(2,3)4;2-1-3/h6-7,11,19H,5,8-10,12-13H2,1-4H3;. The van der Waals surface area contributed by atoms with Crippen LogP contribution in [0, 0.1) is 0 Å². The third-order valence-corrected chi connectivity index (χ3v) is 3.69. The fraction of sp³-hybridized carbons (Fsp3) is 0.579. The summed E-state index contributed by atoms with van der Waals surface area (Å²) in [5, 5.41) is 3.43. The van der Waals surface area contributed by atoms with E-state index in [1.54, 1.807) is 4.90 Å². The van der Waals surface area contributed by atoms with E-state index in [-0.39, 0.29) is 12.2 Å². The van der Waals surface area contributed by atoms with Crippen molar-refractivity contribution in [1.29, 1.82) is 0 Å². The highest BCUT2D eigenvalue weighted by atomic mass is 16.6. The largest absolute Gasteiger partial charge is 0.444 e. The third kappa shape index (κ3) is 7.50. The molecule has 1 aromatic carbocycles. The number of hydrogen-bond donors (Lipinski definition) is 1. The normalized spacial score (nSPS) is 13.2. The van der Waals surface area contributed by atoms with Gasteiger partial charge in [-0.1, -0.05) is 25.1 Å². The maximum atomic E-state index is 12.2. The van der Waals surface area contributed by atoms with Crippen LogP contribution < -0.4 is 5.32 Å². The van der Waals surface area contributed by atoms with Crippen LogP contribution in [0.15, 0.2) is 18.2 Å². The molecule has 0 aliphatic carbocycles. The first-order valence-electron chi connectivity index (χ1n) is 8.59. The maximum Gasteiger partial charge on any atom is 0.410 e. The molecule has 0 aromatic heterocycles. The van der Waals surface area contributed by atoms with Crippen LogP contribution in [0.2, 0.25) is 0 Å². The molecule has 0 saturated carbocycles. The zero-order chi connectivity index (χ0) is 18.9. The molecule has 1 N–H and O–H groups in total. The zero-order valence-corrected chi connectivity index (χ0v) is 15.6. The summed E-state index contributed by atoms with van der Waals surface area (Å²) < 4.78 is 5.46. The van der Waals surface area contributed by atoms with E-state index in [0.29, 0.717) is 6.54 Å². The summed E-state index contributed by atoms with van der Waals surface area (Å²) in [6.45, 7) is 11.2. The van der Waals surface area contributed by atoms with Gasteiger partial charge in [0.15, 0.2) is 0 Å². The fourth-order valence-electron chi connectivity index (χ4n) is 2.61. The van der Waals surface area contributed by atoms with Crippen molar-refractivity contribution in [2.24, 2.45) is 0 Å². The molecule has 6 nitrogen and oxygen atoms in total. The van der Waals surface area contributed by atoms with Crippen molar-refractivity contribution in [3.8, 4) is 0 Å². The maximum absolute atomic E-state index is 12.2. The van der Waals surface area contributed by atoms with Gasteiger partial charge >= 0.3 is 12.2 Å². The molecule has 0 bridgehead atoms. The molecule has 6 heteroatoms. The second kappa shape index (κ2) is 9.97. The van der Waals surface area contributed by atoms with Crippen molar-refractivity contribution in [2.45, 2.75) is 59.2 Å². The number of rotatable bonds is 4. The van der Waals surface area contributed by atoms with Gasteiger partial charge in [0.1, 0.15) is 5.60 Å². The zero-order valence-electron chi connectivity index (χ0n) is 15.6. The summed E-state index contributed by atoms with van der Waals surface area (Å²) >= 11 is 0. The van der Waals surface area contributed by atoms with E-state index >= 15 is 0 Å². The predicted molar refractivity (Wildman–Crippen MR) is 93.8 cm³/mol. The number of carbonyl (C=O) groups is 1. The van der Waals surface area contributed by atoms with Gasteiger partial charge in [-0.05, 0) is 56.8 Å². The molecule has 2 rings (SSSR count). The lowest BCUT2D eigenvalue weighted by molar-refractivity contribution is -0.191. The van der Waals surface area contributed by atoms with Gasteiger partial charge in [0, 0.05) is 19.6 Å². The Labute approximate surface area is 149 Å². The highest BCUT2D eigenvalue weighted by Crippen LogP contribution is 2.22. The lowest BCUT2D eigenvalue weighted by Gasteiger charge is -2.31. The van der Waals surface area contributed by atoms with Crippen molar-refractivity contribution in [3.63, 3.8) is 0 Å². The van der Waals surface area contributed by atoms with E-state index in [1.807, 2.05) is 20.8 Å². The number of amides is 1. The van der Waals surface area contributed by atoms with Crippen LogP contribution >= 0.6 is 0 Å². The highest BCUT2D eigenvalue weighted by molar-refractivity contribution is 5.68. The van der Waals surface area contributed by atoms with E-state index in [1.165, 1.54) is 16.7 Å². The molecule has 138 valence electrons. The Balaban J connectivity index is 0.000000970. The van der Waals surface area contributed by atoms with E-state index < -0.39 is 5.60 Å². The lowest BCUT2D eigenvalue weighted by atomic mass is 9.97. The summed E-state index contributed by atoms with van der Waals surface area (Å²) in [4.78, 5) is 30.2. The molecule has 0 radical (unpaired) electrons. The van der Waals surface area contributed by atoms with Gasteiger partial charge < -0.3 is 15.0 Å². The summed E-state index contributed by atoms with van der Waals surface area (Å²) in [7, 11) is 0. The minimum Gasteiger partial charge on any atom is -0.444 e. The first kappa shape index (κ1) is 20.9.